The van der Waals surface area contributed by atoms with Gasteiger partial charge in [0.1, 0.15) is 21.2 Å². The number of halogens is 3. The van der Waals surface area contributed by atoms with Gasteiger partial charge in [0.25, 0.3) is 0 Å². The summed E-state index contributed by atoms with van der Waals surface area (Å²) in [6, 6.07) is 4.72. The molecule has 146 valence electrons. The van der Waals surface area contributed by atoms with E-state index >= 15 is 0 Å². The van der Waals surface area contributed by atoms with Crippen molar-refractivity contribution in [1.82, 2.24) is 4.90 Å². The molecule has 4 nitrogen and oxygen atoms in total. The van der Waals surface area contributed by atoms with Gasteiger partial charge in [-0.2, -0.15) is 13.2 Å². The molecule has 1 spiro atoms. The molecule has 1 aromatic rings. The van der Waals surface area contributed by atoms with E-state index in [0.29, 0.717) is 25.1 Å². The van der Waals surface area contributed by atoms with Crippen LogP contribution in [-0.4, -0.2) is 50.1 Å². The van der Waals surface area contributed by atoms with Crippen molar-refractivity contribution in [1.29, 1.82) is 0 Å². The first-order chi connectivity index (χ1) is 11.9. The van der Waals surface area contributed by atoms with Crippen LogP contribution >= 0.6 is 0 Å². The van der Waals surface area contributed by atoms with Gasteiger partial charge in [-0.15, -0.1) is 0 Å². The van der Waals surface area contributed by atoms with Crippen molar-refractivity contribution in [2.45, 2.75) is 38.5 Å². The Bertz CT molecular complexity index is 735. The average Bonchev–Trinajstić information content (AvgIpc) is 2.47. The van der Waals surface area contributed by atoms with Gasteiger partial charge in [0, 0.05) is 19.6 Å². The number of likely N-dealkylation sites (tertiary alicyclic amines) is 1. The Morgan fingerprint density at radius 1 is 1.08 bits per heavy atom. The van der Waals surface area contributed by atoms with Crippen LogP contribution < -0.4 is 4.74 Å². The zero-order valence-corrected chi connectivity index (χ0v) is 15.8. The molecule has 1 aromatic carbocycles. The summed E-state index contributed by atoms with van der Waals surface area (Å²) in [5.41, 5.74) is -1.14. The molecular weight excluding hydrogens is 367 g/mol. The highest BCUT2D eigenvalue weighted by Gasteiger charge is 2.47. The van der Waals surface area contributed by atoms with E-state index in [2.05, 4.69) is 4.90 Å². The van der Waals surface area contributed by atoms with Gasteiger partial charge in [-0.25, -0.2) is 8.42 Å². The van der Waals surface area contributed by atoms with Crippen LogP contribution in [-0.2, 0) is 16.0 Å². The average molecular weight is 391 g/mol. The summed E-state index contributed by atoms with van der Waals surface area (Å²) in [7, 11) is -2.86. The van der Waals surface area contributed by atoms with Crippen LogP contribution in [0.25, 0.3) is 0 Å². The maximum atomic E-state index is 12.6. The Balaban J connectivity index is 1.52. The lowest BCUT2D eigenvalue weighted by Crippen LogP contribution is -2.62. The minimum atomic E-state index is -4.35. The quantitative estimate of drug-likeness (QED) is 0.790. The summed E-state index contributed by atoms with van der Waals surface area (Å²) in [6.45, 7) is 6.15. The second kappa shape index (κ2) is 6.41. The molecule has 8 heteroatoms. The van der Waals surface area contributed by atoms with Crippen molar-refractivity contribution in [2.24, 2.45) is 5.41 Å². The number of hydrogen-bond acceptors (Lipinski definition) is 4. The molecule has 3 rings (SSSR count). The second-order valence-corrected chi connectivity index (χ2v) is 10.5. The van der Waals surface area contributed by atoms with Gasteiger partial charge in [-0.1, -0.05) is 0 Å². The summed E-state index contributed by atoms with van der Waals surface area (Å²) in [5, 5.41) is 0. The molecule has 2 aliphatic rings. The lowest BCUT2D eigenvalue weighted by atomic mass is 9.74. The lowest BCUT2D eigenvalue weighted by molar-refractivity contribution is -0.137. The SMILES string of the molecule is CC(C)(CN1CC2(CCS(=O)(=O)CC2)C1)Oc1ccc(C(F)(F)F)cc1. The summed E-state index contributed by atoms with van der Waals surface area (Å²) in [6.07, 6.45) is -2.93. The monoisotopic (exact) mass is 391 g/mol. The number of ether oxygens (including phenoxy) is 1. The minimum absolute atomic E-state index is 0.107. The summed E-state index contributed by atoms with van der Waals surface area (Å²) in [5.74, 6) is 0.945. The van der Waals surface area contributed by atoms with Gasteiger partial charge in [-0.05, 0) is 56.4 Å². The van der Waals surface area contributed by atoms with Crippen LogP contribution in [0.2, 0.25) is 0 Å². The predicted octanol–water partition coefficient (Wildman–Crippen LogP) is 3.37. The Morgan fingerprint density at radius 2 is 1.62 bits per heavy atom. The molecule has 2 fully saturated rings. The minimum Gasteiger partial charge on any atom is -0.487 e. The maximum absolute atomic E-state index is 12.6. The molecule has 0 unspecified atom stereocenters. The third kappa shape index (κ3) is 4.52. The Kier molecular flexibility index (Phi) is 4.80. The van der Waals surface area contributed by atoms with Crippen molar-refractivity contribution in [2.75, 3.05) is 31.1 Å². The molecule has 2 heterocycles. The van der Waals surface area contributed by atoms with E-state index in [1.54, 1.807) is 0 Å². The second-order valence-electron chi connectivity index (χ2n) is 8.18. The van der Waals surface area contributed by atoms with Gasteiger partial charge in [0.15, 0.2) is 0 Å². The topological polar surface area (TPSA) is 46.6 Å². The molecule has 2 saturated heterocycles. The van der Waals surface area contributed by atoms with E-state index in [4.69, 9.17) is 4.74 Å². The Morgan fingerprint density at radius 3 is 2.12 bits per heavy atom. The van der Waals surface area contributed by atoms with E-state index in [0.717, 1.165) is 25.2 Å². The fraction of sp³-hybridized carbons (Fsp3) is 0.667. The van der Waals surface area contributed by atoms with E-state index in [1.807, 2.05) is 13.8 Å². The largest absolute Gasteiger partial charge is 0.487 e. The van der Waals surface area contributed by atoms with Crippen LogP contribution in [0.5, 0.6) is 5.75 Å². The molecule has 2 aliphatic heterocycles. The van der Waals surface area contributed by atoms with E-state index in [9.17, 15) is 21.6 Å². The molecule has 0 aromatic heterocycles. The maximum Gasteiger partial charge on any atom is 0.416 e. The first kappa shape index (κ1) is 19.5. The van der Waals surface area contributed by atoms with Crippen LogP contribution in [0.15, 0.2) is 24.3 Å². The first-order valence-electron chi connectivity index (χ1n) is 8.67. The highest BCUT2D eigenvalue weighted by molar-refractivity contribution is 7.91. The molecule has 0 bridgehead atoms. The van der Waals surface area contributed by atoms with Crippen molar-refractivity contribution in [3.05, 3.63) is 29.8 Å². The molecule has 0 N–H and O–H groups in total. The molecule has 0 atom stereocenters. The summed E-state index contributed by atoms with van der Waals surface area (Å²) >= 11 is 0. The Labute approximate surface area is 152 Å². The normalized spacial score (nSPS) is 22.8. The van der Waals surface area contributed by atoms with Crippen molar-refractivity contribution in [3.63, 3.8) is 0 Å². The lowest BCUT2D eigenvalue weighted by Gasteiger charge is -2.53. The number of rotatable bonds is 4. The van der Waals surface area contributed by atoms with Crippen LogP contribution in [0.1, 0.15) is 32.3 Å². The number of nitrogens with zero attached hydrogens (tertiary/aromatic N) is 1. The van der Waals surface area contributed by atoms with Crippen molar-refractivity contribution in [3.8, 4) is 5.75 Å². The van der Waals surface area contributed by atoms with Crippen LogP contribution in [0.4, 0.5) is 13.2 Å². The smallest absolute Gasteiger partial charge is 0.416 e. The molecule has 26 heavy (non-hydrogen) atoms. The van der Waals surface area contributed by atoms with Gasteiger partial charge in [0.05, 0.1) is 17.1 Å². The first-order valence-corrected chi connectivity index (χ1v) is 10.5. The summed E-state index contributed by atoms with van der Waals surface area (Å²) < 4.78 is 66.9. The number of hydrogen-bond donors (Lipinski definition) is 0. The fourth-order valence-corrected chi connectivity index (χ4v) is 5.60. The van der Waals surface area contributed by atoms with Crippen molar-refractivity contribution >= 4 is 9.84 Å². The number of alkyl halides is 3. The van der Waals surface area contributed by atoms with Gasteiger partial charge < -0.3 is 4.74 Å². The van der Waals surface area contributed by atoms with E-state index in [1.165, 1.54) is 12.1 Å². The molecule has 0 amide bonds. The standard InChI is InChI=1S/C18H24F3NO3S/c1-16(2,25-15-5-3-14(4-6-15)18(19,20)21)11-22-12-17(13-22)7-9-26(23,24)10-8-17/h3-6H,7-13H2,1-2H3. The van der Waals surface area contributed by atoms with E-state index < -0.39 is 27.2 Å². The zero-order chi connectivity index (χ0) is 19.2. The third-order valence-corrected chi connectivity index (χ3v) is 6.84. The van der Waals surface area contributed by atoms with Crippen LogP contribution in [0.3, 0.4) is 0 Å². The van der Waals surface area contributed by atoms with Gasteiger partial charge in [-0.3, -0.25) is 4.90 Å². The van der Waals surface area contributed by atoms with E-state index in [-0.39, 0.29) is 16.9 Å². The molecule has 0 aliphatic carbocycles. The number of sulfone groups is 1. The summed E-state index contributed by atoms with van der Waals surface area (Å²) in [4.78, 5) is 2.22. The van der Waals surface area contributed by atoms with Crippen LogP contribution in [0, 0.1) is 5.41 Å². The highest BCUT2D eigenvalue weighted by Crippen LogP contribution is 2.42. The van der Waals surface area contributed by atoms with Gasteiger partial charge in [0.2, 0.25) is 0 Å². The fourth-order valence-electron chi connectivity index (χ4n) is 3.90. The third-order valence-electron chi connectivity index (χ3n) is 5.18. The van der Waals surface area contributed by atoms with Gasteiger partial charge >= 0.3 is 6.18 Å². The van der Waals surface area contributed by atoms with Crippen molar-refractivity contribution < 1.29 is 26.3 Å². The zero-order valence-electron chi connectivity index (χ0n) is 15.0. The predicted molar refractivity (Wildman–Crippen MR) is 92.9 cm³/mol. The molecule has 0 radical (unpaired) electrons. The number of benzene rings is 1. The molecular formula is C18H24F3NO3S. The Hall–Kier alpha value is -1.28. The molecule has 0 saturated carbocycles. The highest BCUT2D eigenvalue weighted by atomic mass is 32.2.